The lowest BCUT2D eigenvalue weighted by Crippen LogP contribution is -2.11. The van der Waals surface area contributed by atoms with Crippen LogP contribution in [0.1, 0.15) is 23.9 Å². The average Bonchev–Trinajstić information content (AvgIpc) is 2.52. The highest BCUT2D eigenvalue weighted by molar-refractivity contribution is 6.30. The van der Waals surface area contributed by atoms with Crippen molar-refractivity contribution in [2.75, 3.05) is 24.3 Å². The number of nitrogens with zero attached hydrogens (tertiary/aromatic N) is 4. The molecule has 0 atom stereocenters. The number of hydrogen-bond donors (Lipinski definition) is 2. The summed E-state index contributed by atoms with van der Waals surface area (Å²) in [5.74, 6) is 0.645. The van der Waals surface area contributed by atoms with E-state index >= 15 is 0 Å². The van der Waals surface area contributed by atoms with Crippen LogP contribution in [-0.2, 0) is 22.7 Å². The minimum Gasteiger partial charge on any atom is -0.368 e. The minimum absolute atomic E-state index is 0.0990. The second-order valence-corrected chi connectivity index (χ2v) is 5.04. The highest BCUT2D eigenvalue weighted by atomic mass is 35.5. The molecule has 0 aliphatic heterocycles. The summed E-state index contributed by atoms with van der Waals surface area (Å²) in [5.41, 5.74) is 8.01. The molecule has 2 aromatic heterocycles. The molecular weight excluding hydrogens is 320 g/mol. The molecule has 0 saturated carbocycles. The number of nitrogens with one attached hydrogen (secondary N) is 1. The van der Waals surface area contributed by atoms with Gasteiger partial charge in [-0.1, -0.05) is 11.6 Å². The van der Waals surface area contributed by atoms with Gasteiger partial charge in [-0.2, -0.15) is 4.98 Å². The van der Waals surface area contributed by atoms with Crippen LogP contribution >= 0.6 is 11.6 Å². The number of anilines is 2. The van der Waals surface area contributed by atoms with Gasteiger partial charge < -0.3 is 11.1 Å². The zero-order chi connectivity index (χ0) is 16.7. The van der Waals surface area contributed by atoms with Gasteiger partial charge in [-0.05, 0) is 13.8 Å². The van der Waals surface area contributed by atoms with Crippen molar-refractivity contribution >= 4 is 23.4 Å². The fourth-order valence-corrected chi connectivity index (χ4v) is 2.08. The largest absolute Gasteiger partial charge is 0.368 e. The van der Waals surface area contributed by atoms with E-state index in [1.54, 1.807) is 12.4 Å². The van der Waals surface area contributed by atoms with Crippen molar-refractivity contribution in [2.45, 2.75) is 26.8 Å². The SMILES string of the molecule is CCOOCCc1c(Cl)nc(N)nc1NCc1cnc(C)cn1. The maximum Gasteiger partial charge on any atom is 0.223 e. The second kappa shape index (κ2) is 8.56. The van der Waals surface area contributed by atoms with Crippen LogP contribution in [0.15, 0.2) is 12.4 Å². The molecule has 0 spiro atoms. The van der Waals surface area contributed by atoms with Crippen molar-refractivity contribution in [3.63, 3.8) is 0 Å². The third-order valence-corrected chi connectivity index (χ3v) is 3.19. The van der Waals surface area contributed by atoms with Crippen molar-refractivity contribution < 1.29 is 9.78 Å². The van der Waals surface area contributed by atoms with E-state index in [1.807, 2.05) is 13.8 Å². The fourth-order valence-electron chi connectivity index (χ4n) is 1.81. The Morgan fingerprint density at radius 1 is 1.22 bits per heavy atom. The van der Waals surface area contributed by atoms with Gasteiger partial charge in [0.2, 0.25) is 5.95 Å². The Balaban J connectivity index is 2.07. The molecule has 23 heavy (non-hydrogen) atoms. The summed E-state index contributed by atoms with van der Waals surface area (Å²) in [6, 6.07) is 0. The molecule has 9 heteroatoms. The number of nitrogen functional groups attached to an aromatic ring is 1. The molecule has 0 aliphatic carbocycles. The van der Waals surface area contributed by atoms with Crippen molar-refractivity contribution in [1.29, 1.82) is 0 Å². The quantitative estimate of drug-likeness (QED) is 0.325. The summed E-state index contributed by atoms with van der Waals surface area (Å²) in [5, 5.41) is 3.44. The Labute approximate surface area is 139 Å². The molecule has 0 saturated heterocycles. The van der Waals surface area contributed by atoms with Crippen molar-refractivity contribution in [2.24, 2.45) is 0 Å². The van der Waals surface area contributed by atoms with Crippen LogP contribution in [0.25, 0.3) is 0 Å². The molecule has 8 nitrogen and oxygen atoms in total. The van der Waals surface area contributed by atoms with Gasteiger partial charge in [0, 0.05) is 18.2 Å². The van der Waals surface area contributed by atoms with Crippen molar-refractivity contribution in [3.05, 3.63) is 34.5 Å². The summed E-state index contributed by atoms with van der Waals surface area (Å²) in [4.78, 5) is 26.5. The summed E-state index contributed by atoms with van der Waals surface area (Å²) < 4.78 is 0. The number of halogens is 1. The molecule has 3 N–H and O–H groups in total. The van der Waals surface area contributed by atoms with Crippen LogP contribution in [-0.4, -0.2) is 33.1 Å². The Morgan fingerprint density at radius 2 is 2.04 bits per heavy atom. The standard InChI is InChI=1S/C14H19ClN6O2/c1-3-22-23-5-4-11-12(15)20-14(16)21-13(11)19-8-10-7-17-9(2)6-18-10/h6-7H,3-5,8H2,1-2H3,(H3,16,19,20,21). The second-order valence-electron chi connectivity index (χ2n) is 4.68. The van der Waals surface area contributed by atoms with Gasteiger partial charge in [0.1, 0.15) is 11.0 Å². The summed E-state index contributed by atoms with van der Waals surface area (Å²) in [7, 11) is 0. The third-order valence-electron chi connectivity index (χ3n) is 2.88. The molecule has 0 fully saturated rings. The third kappa shape index (κ3) is 5.27. The molecule has 0 bridgehead atoms. The molecule has 0 aromatic carbocycles. The molecule has 0 amide bonds. The van der Waals surface area contributed by atoms with E-state index in [-0.39, 0.29) is 11.1 Å². The average molecular weight is 339 g/mol. The predicted molar refractivity (Wildman–Crippen MR) is 86.8 cm³/mol. The van der Waals surface area contributed by atoms with E-state index in [0.717, 1.165) is 11.4 Å². The highest BCUT2D eigenvalue weighted by Gasteiger charge is 2.12. The molecule has 0 unspecified atom stereocenters. The van der Waals surface area contributed by atoms with E-state index in [1.165, 1.54) is 0 Å². The summed E-state index contributed by atoms with van der Waals surface area (Å²) >= 11 is 6.15. The van der Waals surface area contributed by atoms with Crippen LogP contribution in [0.2, 0.25) is 5.15 Å². The van der Waals surface area contributed by atoms with E-state index in [4.69, 9.17) is 27.1 Å². The van der Waals surface area contributed by atoms with Crippen LogP contribution < -0.4 is 11.1 Å². The molecule has 2 rings (SSSR count). The van der Waals surface area contributed by atoms with E-state index in [9.17, 15) is 0 Å². The number of rotatable bonds is 8. The first kappa shape index (κ1) is 17.3. The van der Waals surface area contributed by atoms with Crippen LogP contribution in [0.4, 0.5) is 11.8 Å². The highest BCUT2D eigenvalue weighted by Crippen LogP contribution is 2.23. The van der Waals surface area contributed by atoms with Gasteiger partial charge in [-0.3, -0.25) is 9.97 Å². The Hall–Kier alpha value is -2.03. The van der Waals surface area contributed by atoms with Gasteiger partial charge in [0.05, 0.1) is 37.3 Å². The summed E-state index contributed by atoms with van der Waals surface area (Å²) in [6.07, 6.45) is 3.89. The number of hydrogen-bond acceptors (Lipinski definition) is 8. The van der Waals surface area contributed by atoms with Gasteiger partial charge in [0.25, 0.3) is 0 Å². The van der Waals surface area contributed by atoms with Gasteiger partial charge in [-0.15, -0.1) is 0 Å². The first-order valence-corrected chi connectivity index (χ1v) is 7.55. The van der Waals surface area contributed by atoms with E-state index in [2.05, 4.69) is 25.3 Å². The zero-order valence-corrected chi connectivity index (χ0v) is 13.8. The lowest BCUT2D eigenvalue weighted by Gasteiger charge is -2.12. The number of aryl methyl sites for hydroxylation is 1. The number of nitrogens with two attached hydrogens (primary N) is 1. The maximum absolute atomic E-state index is 6.15. The van der Waals surface area contributed by atoms with Crippen LogP contribution in [0.3, 0.4) is 0 Å². The fraction of sp³-hybridized carbons (Fsp3) is 0.429. The summed E-state index contributed by atoms with van der Waals surface area (Å²) in [6.45, 7) is 4.98. The molecule has 2 aromatic rings. The Morgan fingerprint density at radius 3 is 2.74 bits per heavy atom. The predicted octanol–water partition coefficient (Wildman–Crippen LogP) is 1.93. The molecule has 124 valence electrons. The maximum atomic E-state index is 6.15. The Bertz CT molecular complexity index is 638. The van der Waals surface area contributed by atoms with Gasteiger partial charge >= 0.3 is 0 Å². The topological polar surface area (TPSA) is 108 Å². The number of aromatic nitrogens is 4. The minimum atomic E-state index is 0.0990. The monoisotopic (exact) mass is 338 g/mol. The van der Waals surface area contributed by atoms with Crippen molar-refractivity contribution in [3.8, 4) is 0 Å². The van der Waals surface area contributed by atoms with Crippen LogP contribution in [0.5, 0.6) is 0 Å². The van der Waals surface area contributed by atoms with Gasteiger partial charge in [-0.25, -0.2) is 14.8 Å². The van der Waals surface area contributed by atoms with Crippen molar-refractivity contribution in [1.82, 2.24) is 19.9 Å². The lowest BCUT2D eigenvalue weighted by molar-refractivity contribution is -0.290. The zero-order valence-electron chi connectivity index (χ0n) is 13.0. The lowest BCUT2D eigenvalue weighted by atomic mass is 10.2. The van der Waals surface area contributed by atoms with Crippen LogP contribution in [0, 0.1) is 6.92 Å². The first-order chi connectivity index (χ1) is 11.1. The van der Waals surface area contributed by atoms with E-state index in [0.29, 0.717) is 37.6 Å². The van der Waals surface area contributed by atoms with Gasteiger partial charge in [0.15, 0.2) is 0 Å². The molecular formula is C14H19ClN6O2. The molecule has 0 radical (unpaired) electrons. The molecule has 0 aliphatic rings. The molecule has 2 heterocycles. The first-order valence-electron chi connectivity index (χ1n) is 7.17. The smallest absolute Gasteiger partial charge is 0.223 e. The normalized spacial score (nSPS) is 10.7. The Kier molecular flexibility index (Phi) is 6.45. The van der Waals surface area contributed by atoms with E-state index < -0.39 is 0 Å².